The minimum atomic E-state index is -0.750. The van der Waals surface area contributed by atoms with Crippen LogP contribution in [0.1, 0.15) is 70.2 Å². The number of aliphatic hydroxyl groups is 1. The molecular weight excluding hydrogens is 484 g/mol. The van der Waals surface area contributed by atoms with Crippen LogP contribution in [0.5, 0.6) is 0 Å². The summed E-state index contributed by atoms with van der Waals surface area (Å²) in [4.78, 5) is 49.2. The Morgan fingerprint density at radius 3 is 2.61 bits per heavy atom. The number of carbonyl (C=O) groups is 2. The van der Waals surface area contributed by atoms with Gasteiger partial charge in [-0.2, -0.15) is 0 Å². The van der Waals surface area contributed by atoms with E-state index >= 15 is 0 Å². The number of aliphatic hydroxyl groups excluding tert-OH is 1. The second-order valence-corrected chi connectivity index (χ2v) is 12.7. The van der Waals surface area contributed by atoms with Gasteiger partial charge in [-0.25, -0.2) is 9.78 Å². The van der Waals surface area contributed by atoms with Crippen molar-refractivity contribution in [2.45, 2.75) is 72.0 Å². The highest BCUT2D eigenvalue weighted by Gasteiger charge is 2.68. The molecule has 3 N–H and O–H groups in total. The number of anilines is 1. The number of hydrogen-bond acceptors (Lipinski definition) is 8. The van der Waals surface area contributed by atoms with Crippen LogP contribution in [-0.2, 0) is 9.53 Å². The minimum absolute atomic E-state index is 0.102. The third-order valence-corrected chi connectivity index (χ3v) is 11.0. The van der Waals surface area contributed by atoms with E-state index in [1.807, 2.05) is 11.8 Å². The lowest BCUT2D eigenvalue weighted by molar-refractivity contribution is -0.192. The normalized spacial score (nSPS) is 41.1. The molecule has 4 aliphatic rings. The number of aromatic amines is 1. The highest BCUT2D eigenvalue weighted by Crippen LogP contribution is 2.68. The molecular formula is C29H42N4O5. The molecule has 3 aliphatic carbocycles. The van der Waals surface area contributed by atoms with Gasteiger partial charge in [0.1, 0.15) is 17.5 Å². The summed E-state index contributed by atoms with van der Waals surface area (Å²) in [5, 5.41) is 14.9. The van der Waals surface area contributed by atoms with E-state index < -0.39 is 34.6 Å². The second kappa shape index (κ2) is 9.59. The van der Waals surface area contributed by atoms with Crippen LogP contribution in [0.4, 0.5) is 5.95 Å². The summed E-state index contributed by atoms with van der Waals surface area (Å²) in [6.45, 7) is 15.3. The smallest absolute Gasteiger partial charge is 0.345 e. The molecule has 1 aromatic heterocycles. The molecule has 208 valence electrons. The first-order valence-electron chi connectivity index (χ1n) is 14.1. The summed E-state index contributed by atoms with van der Waals surface area (Å²) in [7, 11) is 0. The molecule has 8 atom stereocenters. The van der Waals surface area contributed by atoms with Crippen molar-refractivity contribution in [2.75, 3.05) is 31.1 Å². The zero-order valence-electron chi connectivity index (χ0n) is 23.1. The molecule has 1 saturated heterocycles. The van der Waals surface area contributed by atoms with Gasteiger partial charge >= 0.3 is 5.97 Å². The van der Waals surface area contributed by atoms with E-state index in [2.05, 4.69) is 42.6 Å². The molecule has 1 aromatic rings. The van der Waals surface area contributed by atoms with Crippen LogP contribution in [0.3, 0.4) is 0 Å². The van der Waals surface area contributed by atoms with E-state index in [0.717, 1.165) is 32.4 Å². The van der Waals surface area contributed by atoms with Crippen LogP contribution in [0.2, 0.25) is 0 Å². The Morgan fingerprint density at radius 1 is 1.24 bits per heavy atom. The standard InChI is InChI=1S/C29H42N4O5/c1-6-27(4)15-21(38-25(37)19-16-31-26(32-24(19)36)33-13-11-30-12-14-33)28(5)17(2)7-9-29(18(3)23(27)35)10-8-20(34)22(28)29/h6,16-18,21-23,30,35H,1,7-15H2,2-5H3,(H,31,32,36)/t17-,18+,21-,22?,23+,27-,28+,29?/m1/s1. The third-order valence-electron chi connectivity index (χ3n) is 11.0. The fourth-order valence-electron chi connectivity index (χ4n) is 8.26. The summed E-state index contributed by atoms with van der Waals surface area (Å²) < 4.78 is 6.24. The van der Waals surface area contributed by atoms with E-state index in [9.17, 15) is 19.5 Å². The first kappa shape index (κ1) is 27.1. The molecule has 5 rings (SSSR count). The summed E-state index contributed by atoms with van der Waals surface area (Å²) in [5.41, 5.74) is -2.42. The van der Waals surface area contributed by atoms with E-state index in [1.54, 1.807) is 6.08 Å². The number of nitrogens with zero attached hydrogens (tertiary/aromatic N) is 2. The zero-order valence-corrected chi connectivity index (χ0v) is 23.1. The van der Waals surface area contributed by atoms with Crippen molar-refractivity contribution in [1.82, 2.24) is 15.3 Å². The third kappa shape index (κ3) is 3.96. The van der Waals surface area contributed by atoms with Gasteiger partial charge in [0.15, 0.2) is 0 Å². The fourth-order valence-corrected chi connectivity index (χ4v) is 8.26. The SMILES string of the molecule is C=C[C@]1(C)C[C@@H](OC(=O)c2cnc(N3CCNCC3)[nH]c2=O)[C@@]2(C)C3C(=O)CCC3(CC[C@H]2C)[C@@H](C)[C@@H]1O. The Kier molecular flexibility index (Phi) is 6.83. The molecule has 2 unspecified atom stereocenters. The minimum Gasteiger partial charge on any atom is -0.458 e. The second-order valence-electron chi connectivity index (χ2n) is 12.7. The van der Waals surface area contributed by atoms with E-state index in [1.165, 1.54) is 6.20 Å². The van der Waals surface area contributed by atoms with Crippen LogP contribution in [0.15, 0.2) is 23.6 Å². The van der Waals surface area contributed by atoms with Crippen LogP contribution in [0, 0.1) is 34.0 Å². The van der Waals surface area contributed by atoms with Crippen molar-refractivity contribution in [2.24, 2.45) is 34.0 Å². The average Bonchev–Trinajstić information content (AvgIpc) is 3.27. The van der Waals surface area contributed by atoms with Crippen LogP contribution in [-0.4, -0.2) is 65.2 Å². The van der Waals surface area contributed by atoms with E-state index in [-0.39, 0.29) is 34.5 Å². The van der Waals surface area contributed by atoms with Gasteiger partial charge in [-0.3, -0.25) is 14.6 Å². The Hall–Kier alpha value is -2.52. The maximum absolute atomic E-state index is 13.6. The molecule has 3 saturated carbocycles. The highest BCUT2D eigenvalue weighted by molar-refractivity contribution is 5.89. The van der Waals surface area contributed by atoms with Crippen LogP contribution >= 0.6 is 0 Å². The van der Waals surface area contributed by atoms with E-state index in [4.69, 9.17) is 4.74 Å². The lowest BCUT2D eigenvalue weighted by atomic mass is 9.44. The number of nitrogens with one attached hydrogen (secondary N) is 2. The Morgan fingerprint density at radius 2 is 1.95 bits per heavy atom. The van der Waals surface area contributed by atoms with Crippen molar-refractivity contribution in [3.8, 4) is 0 Å². The van der Waals surface area contributed by atoms with Crippen molar-refractivity contribution >= 4 is 17.7 Å². The molecule has 38 heavy (non-hydrogen) atoms. The number of esters is 1. The summed E-state index contributed by atoms with van der Waals surface area (Å²) >= 11 is 0. The summed E-state index contributed by atoms with van der Waals surface area (Å²) in [5.74, 6) is -0.425. The molecule has 0 radical (unpaired) electrons. The van der Waals surface area contributed by atoms with Crippen LogP contribution in [0.25, 0.3) is 0 Å². The molecule has 2 bridgehead atoms. The number of ketones is 1. The predicted molar refractivity (Wildman–Crippen MR) is 144 cm³/mol. The van der Waals surface area contributed by atoms with Crippen molar-refractivity contribution in [3.63, 3.8) is 0 Å². The topological polar surface area (TPSA) is 125 Å². The van der Waals surface area contributed by atoms with Gasteiger partial charge in [0.2, 0.25) is 5.95 Å². The molecule has 4 fully saturated rings. The molecule has 0 aromatic carbocycles. The summed E-state index contributed by atoms with van der Waals surface area (Å²) in [6.07, 6.45) is 4.92. The predicted octanol–water partition coefficient (Wildman–Crippen LogP) is 2.70. The Labute approximate surface area is 224 Å². The number of Topliss-reactive ketones (excluding diaryl/α,β-unsaturated/α-hetero) is 1. The maximum Gasteiger partial charge on any atom is 0.345 e. The fraction of sp³-hybridized carbons (Fsp3) is 0.724. The number of hydrogen-bond donors (Lipinski definition) is 3. The lowest BCUT2D eigenvalue weighted by Gasteiger charge is -2.61. The maximum atomic E-state index is 13.6. The molecule has 9 nitrogen and oxygen atoms in total. The van der Waals surface area contributed by atoms with Gasteiger partial charge in [-0.1, -0.05) is 33.8 Å². The van der Waals surface area contributed by atoms with Crippen molar-refractivity contribution in [3.05, 3.63) is 34.8 Å². The number of ether oxygens (including phenoxy) is 1. The van der Waals surface area contributed by atoms with Gasteiger partial charge in [0.25, 0.3) is 5.56 Å². The number of carbonyl (C=O) groups excluding carboxylic acids is 2. The molecule has 1 aliphatic heterocycles. The number of rotatable bonds is 4. The largest absolute Gasteiger partial charge is 0.458 e. The first-order valence-corrected chi connectivity index (χ1v) is 14.1. The van der Waals surface area contributed by atoms with Gasteiger partial charge in [-0.15, -0.1) is 6.58 Å². The van der Waals surface area contributed by atoms with Crippen molar-refractivity contribution < 1.29 is 19.4 Å². The van der Waals surface area contributed by atoms with Gasteiger partial charge in [0.05, 0.1) is 12.3 Å². The molecule has 0 amide bonds. The van der Waals surface area contributed by atoms with Gasteiger partial charge < -0.3 is 20.1 Å². The van der Waals surface area contributed by atoms with Gasteiger partial charge in [-0.05, 0) is 42.9 Å². The Balaban J connectivity index is 1.53. The Bertz CT molecular complexity index is 1180. The monoisotopic (exact) mass is 526 g/mol. The molecule has 2 heterocycles. The average molecular weight is 527 g/mol. The first-order chi connectivity index (χ1) is 18.0. The number of H-pyrrole nitrogens is 1. The van der Waals surface area contributed by atoms with Crippen molar-refractivity contribution in [1.29, 1.82) is 0 Å². The van der Waals surface area contributed by atoms with Crippen LogP contribution < -0.4 is 15.8 Å². The lowest BCUT2D eigenvalue weighted by Crippen LogP contribution is -2.63. The zero-order chi connectivity index (χ0) is 27.5. The van der Waals surface area contributed by atoms with E-state index in [0.29, 0.717) is 31.9 Å². The number of piperazine rings is 1. The van der Waals surface area contributed by atoms with Gasteiger partial charge in [0, 0.05) is 49.3 Å². The quantitative estimate of drug-likeness (QED) is 0.404. The molecule has 0 spiro atoms. The highest BCUT2D eigenvalue weighted by atomic mass is 16.5. The number of aromatic nitrogens is 2. The molecule has 9 heteroatoms. The summed E-state index contributed by atoms with van der Waals surface area (Å²) in [6, 6.07) is 0.